The molecular weight excluding hydrogens is 224 g/mol. The molecule has 3 rings (SSSR count). The SMILES string of the molecule is O=C1C=C2CCC(OCc3ccccc3)CC2C1. The van der Waals surface area contributed by atoms with Crippen molar-refractivity contribution in [1.29, 1.82) is 0 Å². The molecule has 0 spiro atoms. The quantitative estimate of drug-likeness (QED) is 0.813. The molecule has 94 valence electrons. The molecular formula is C16H18O2. The molecule has 0 radical (unpaired) electrons. The Kier molecular flexibility index (Phi) is 3.28. The third-order valence-electron chi connectivity index (χ3n) is 3.95. The minimum atomic E-state index is 0.304. The van der Waals surface area contributed by atoms with Gasteiger partial charge in [0.15, 0.2) is 5.78 Å². The molecule has 0 heterocycles. The number of hydrogen-bond acceptors (Lipinski definition) is 2. The van der Waals surface area contributed by atoms with Gasteiger partial charge in [-0.15, -0.1) is 0 Å². The predicted octanol–water partition coefficient (Wildman–Crippen LogP) is 3.27. The maximum atomic E-state index is 11.4. The van der Waals surface area contributed by atoms with Gasteiger partial charge in [0.25, 0.3) is 0 Å². The minimum Gasteiger partial charge on any atom is -0.374 e. The first-order valence-electron chi connectivity index (χ1n) is 6.70. The molecule has 2 unspecified atom stereocenters. The maximum absolute atomic E-state index is 11.4. The largest absolute Gasteiger partial charge is 0.374 e. The number of benzene rings is 1. The number of carbonyl (C=O) groups is 1. The molecule has 0 bridgehead atoms. The van der Waals surface area contributed by atoms with Gasteiger partial charge in [-0.2, -0.15) is 0 Å². The van der Waals surface area contributed by atoms with Gasteiger partial charge in [0.1, 0.15) is 0 Å². The van der Waals surface area contributed by atoms with Gasteiger partial charge in [-0.1, -0.05) is 35.9 Å². The van der Waals surface area contributed by atoms with Crippen LogP contribution in [0.5, 0.6) is 0 Å². The monoisotopic (exact) mass is 242 g/mol. The van der Waals surface area contributed by atoms with Crippen molar-refractivity contribution in [2.45, 2.75) is 38.4 Å². The molecule has 18 heavy (non-hydrogen) atoms. The standard InChI is InChI=1S/C16H18O2/c17-15-8-13-6-7-16(10-14(13)9-15)18-11-12-4-2-1-3-5-12/h1-5,8,14,16H,6-7,9-11H2. The molecule has 1 aromatic carbocycles. The molecule has 1 saturated carbocycles. The smallest absolute Gasteiger partial charge is 0.156 e. The highest BCUT2D eigenvalue weighted by Gasteiger charge is 2.31. The van der Waals surface area contributed by atoms with Crippen molar-refractivity contribution in [1.82, 2.24) is 0 Å². The molecule has 0 amide bonds. The van der Waals surface area contributed by atoms with E-state index in [4.69, 9.17) is 4.74 Å². The van der Waals surface area contributed by atoms with Gasteiger partial charge in [-0.25, -0.2) is 0 Å². The van der Waals surface area contributed by atoms with Gasteiger partial charge in [-0.05, 0) is 36.8 Å². The van der Waals surface area contributed by atoms with E-state index < -0.39 is 0 Å². The molecule has 2 aliphatic rings. The zero-order valence-electron chi connectivity index (χ0n) is 10.5. The second kappa shape index (κ2) is 5.07. The highest BCUT2D eigenvalue weighted by molar-refractivity contribution is 5.93. The van der Waals surface area contributed by atoms with Crippen molar-refractivity contribution in [3.05, 3.63) is 47.5 Å². The molecule has 0 aliphatic heterocycles. The van der Waals surface area contributed by atoms with Crippen LogP contribution in [0, 0.1) is 5.92 Å². The number of allylic oxidation sites excluding steroid dienone is 2. The van der Waals surface area contributed by atoms with Gasteiger partial charge in [0.05, 0.1) is 12.7 Å². The highest BCUT2D eigenvalue weighted by atomic mass is 16.5. The number of ether oxygens (including phenoxy) is 1. The van der Waals surface area contributed by atoms with Crippen LogP contribution in [0.25, 0.3) is 0 Å². The Balaban J connectivity index is 1.54. The van der Waals surface area contributed by atoms with Crippen molar-refractivity contribution < 1.29 is 9.53 Å². The van der Waals surface area contributed by atoms with Gasteiger partial charge in [0.2, 0.25) is 0 Å². The van der Waals surface area contributed by atoms with Crippen LogP contribution < -0.4 is 0 Å². The average Bonchev–Trinajstić information content (AvgIpc) is 2.77. The van der Waals surface area contributed by atoms with Gasteiger partial charge in [0, 0.05) is 6.42 Å². The highest BCUT2D eigenvalue weighted by Crippen LogP contribution is 2.37. The Morgan fingerprint density at radius 3 is 2.89 bits per heavy atom. The lowest BCUT2D eigenvalue weighted by molar-refractivity contribution is -0.114. The predicted molar refractivity (Wildman–Crippen MR) is 70.1 cm³/mol. The molecule has 2 aliphatic carbocycles. The fourth-order valence-corrected chi connectivity index (χ4v) is 2.97. The van der Waals surface area contributed by atoms with E-state index in [0.717, 1.165) is 19.3 Å². The van der Waals surface area contributed by atoms with Crippen LogP contribution >= 0.6 is 0 Å². The van der Waals surface area contributed by atoms with Crippen LogP contribution in [0.15, 0.2) is 42.0 Å². The number of ketones is 1. The Hall–Kier alpha value is -1.41. The first-order valence-corrected chi connectivity index (χ1v) is 6.70. The summed E-state index contributed by atoms with van der Waals surface area (Å²) < 4.78 is 5.97. The Labute approximate surface area is 108 Å². The molecule has 2 nitrogen and oxygen atoms in total. The summed E-state index contributed by atoms with van der Waals surface area (Å²) in [6.07, 6.45) is 6.00. The molecule has 2 heteroatoms. The zero-order chi connectivity index (χ0) is 12.4. The summed E-state index contributed by atoms with van der Waals surface area (Å²) in [5, 5.41) is 0. The van der Waals surface area contributed by atoms with E-state index in [1.54, 1.807) is 0 Å². The second-order valence-electron chi connectivity index (χ2n) is 5.28. The van der Waals surface area contributed by atoms with Crippen molar-refractivity contribution in [2.24, 2.45) is 5.92 Å². The summed E-state index contributed by atoms with van der Waals surface area (Å²) in [6, 6.07) is 10.3. The topological polar surface area (TPSA) is 26.3 Å². The van der Waals surface area contributed by atoms with E-state index in [-0.39, 0.29) is 0 Å². The summed E-state index contributed by atoms with van der Waals surface area (Å²) >= 11 is 0. The van der Waals surface area contributed by atoms with Gasteiger partial charge < -0.3 is 4.74 Å². The van der Waals surface area contributed by atoms with E-state index in [1.165, 1.54) is 11.1 Å². The third kappa shape index (κ3) is 2.54. The van der Waals surface area contributed by atoms with Crippen LogP contribution in [0.2, 0.25) is 0 Å². The van der Waals surface area contributed by atoms with E-state index in [2.05, 4.69) is 12.1 Å². The van der Waals surface area contributed by atoms with E-state index in [9.17, 15) is 4.79 Å². The summed E-state index contributed by atoms with van der Waals surface area (Å²) in [5.41, 5.74) is 2.58. The van der Waals surface area contributed by atoms with Gasteiger partial charge in [-0.3, -0.25) is 4.79 Å². The molecule has 1 fully saturated rings. The van der Waals surface area contributed by atoms with E-state index in [1.807, 2.05) is 24.3 Å². The van der Waals surface area contributed by atoms with Crippen LogP contribution in [-0.4, -0.2) is 11.9 Å². The fraction of sp³-hybridized carbons (Fsp3) is 0.438. The first kappa shape index (κ1) is 11.7. The summed E-state index contributed by atoms with van der Waals surface area (Å²) in [6.45, 7) is 0.686. The average molecular weight is 242 g/mol. The Morgan fingerprint density at radius 2 is 2.06 bits per heavy atom. The van der Waals surface area contributed by atoms with Crippen LogP contribution in [0.3, 0.4) is 0 Å². The van der Waals surface area contributed by atoms with Crippen molar-refractivity contribution in [2.75, 3.05) is 0 Å². The first-order chi connectivity index (χ1) is 8.81. The summed E-state index contributed by atoms with van der Waals surface area (Å²) in [4.78, 5) is 11.4. The number of carbonyl (C=O) groups excluding carboxylic acids is 1. The molecule has 0 N–H and O–H groups in total. The lowest BCUT2D eigenvalue weighted by atomic mass is 9.84. The number of fused-ring (bicyclic) bond motifs is 1. The maximum Gasteiger partial charge on any atom is 0.156 e. The molecule has 0 aromatic heterocycles. The molecule has 2 atom stereocenters. The van der Waals surface area contributed by atoms with Crippen molar-refractivity contribution >= 4 is 5.78 Å². The summed E-state index contributed by atoms with van der Waals surface area (Å²) in [5.74, 6) is 0.769. The molecule has 1 aromatic rings. The number of hydrogen-bond donors (Lipinski definition) is 0. The van der Waals surface area contributed by atoms with Crippen LogP contribution in [0.1, 0.15) is 31.2 Å². The van der Waals surface area contributed by atoms with E-state index >= 15 is 0 Å². The second-order valence-corrected chi connectivity index (χ2v) is 5.28. The normalized spacial score (nSPS) is 26.9. The van der Waals surface area contributed by atoms with Crippen LogP contribution in [-0.2, 0) is 16.1 Å². The lowest BCUT2D eigenvalue weighted by Crippen LogP contribution is -2.23. The summed E-state index contributed by atoms with van der Waals surface area (Å²) in [7, 11) is 0. The van der Waals surface area contributed by atoms with E-state index in [0.29, 0.717) is 30.8 Å². The Morgan fingerprint density at radius 1 is 1.22 bits per heavy atom. The van der Waals surface area contributed by atoms with Crippen LogP contribution in [0.4, 0.5) is 0 Å². The fourth-order valence-electron chi connectivity index (χ4n) is 2.97. The Bertz CT molecular complexity index is 461. The van der Waals surface area contributed by atoms with Gasteiger partial charge >= 0.3 is 0 Å². The molecule has 0 saturated heterocycles. The number of rotatable bonds is 3. The third-order valence-corrected chi connectivity index (χ3v) is 3.95. The minimum absolute atomic E-state index is 0.304. The zero-order valence-corrected chi connectivity index (χ0v) is 10.5. The lowest BCUT2D eigenvalue weighted by Gasteiger charge is -2.28. The van der Waals surface area contributed by atoms with Crippen molar-refractivity contribution in [3.63, 3.8) is 0 Å². The van der Waals surface area contributed by atoms with Crippen molar-refractivity contribution in [3.8, 4) is 0 Å².